The Hall–Kier alpha value is -1.30. The lowest BCUT2D eigenvalue weighted by atomic mass is 10.0. The van der Waals surface area contributed by atoms with Gasteiger partial charge in [0.1, 0.15) is 5.82 Å². The van der Waals surface area contributed by atoms with Gasteiger partial charge in [0.25, 0.3) is 0 Å². The van der Waals surface area contributed by atoms with Gasteiger partial charge in [0.05, 0.1) is 5.56 Å². The topological polar surface area (TPSA) is 28.2 Å². The molecule has 1 aliphatic heterocycles. The Labute approximate surface area is 110 Å². The lowest BCUT2D eigenvalue weighted by Crippen LogP contribution is -2.43. The average molecular weight is 273 g/mol. The van der Waals surface area contributed by atoms with Crippen molar-refractivity contribution in [3.05, 3.63) is 23.9 Å². The Morgan fingerprint density at radius 2 is 2.05 bits per heavy atom. The zero-order chi connectivity index (χ0) is 13.9. The molecule has 1 aromatic rings. The first-order chi connectivity index (χ1) is 9.02. The van der Waals surface area contributed by atoms with E-state index in [1.165, 1.54) is 12.3 Å². The molecule has 0 aliphatic carbocycles. The Morgan fingerprint density at radius 1 is 1.37 bits per heavy atom. The van der Waals surface area contributed by atoms with Crippen molar-refractivity contribution in [3.63, 3.8) is 0 Å². The van der Waals surface area contributed by atoms with E-state index in [1.54, 1.807) is 4.90 Å². The molecule has 1 N–H and O–H groups in total. The van der Waals surface area contributed by atoms with E-state index < -0.39 is 11.7 Å². The van der Waals surface area contributed by atoms with Crippen LogP contribution in [0.2, 0.25) is 0 Å². The van der Waals surface area contributed by atoms with Gasteiger partial charge in [0.2, 0.25) is 0 Å². The highest BCUT2D eigenvalue weighted by Gasteiger charge is 2.36. The second kappa shape index (κ2) is 5.77. The molecule has 1 aromatic heterocycles. The van der Waals surface area contributed by atoms with Gasteiger partial charge >= 0.3 is 6.18 Å². The summed E-state index contributed by atoms with van der Waals surface area (Å²) in [6.07, 6.45) is -1.23. The first-order valence-electron chi connectivity index (χ1n) is 6.53. The van der Waals surface area contributed by atoms with Crippen molar-refractivity contribution in [1.29, 1.82) is 0 Å². The number of aromatic nitrogens is 1. The second-order valence-electron chi connectivity index (χ2n) is 4.69. The summed E-state index contributed by atoms with van der Waals surface area (Å²) in [5, 5.41) is 3.33. The van der Waals surface area contributed by atoms with Crippen LogP contribution in [-0.4, -0.2) is 30.7 Å². The predicted octanol–water partition coefficient (Wildman–Crippen LogP) is 2.68. The molecule has 0 unspecified atom stereocenters. The summed E-state index contributed by atoms with van der Waals surface area (Å²) >= 11 is 0. The summed E-state index contributed by atoms with van der Waals surface area (Å²) in [5.74, 6) is 0.0601. The fraction of sp³-hybridized carbons (Fsp3) is 0.615. The number of rotatable bonds is 3. The van der Waals surface area contributed by atoms with Gasteiger partial charge in [-0.1, -0.05) is 6.92 Å². The van der Waals surface area contributed by atoms with Crippen LogP contribution in [0.25, 0.3) is 0 Å². The van der Waals surface area contributed by atoms with Crippen molar-refractivity contribution in [3.8, 4) is 0 Å². The van der Waals surface area contributed by atoms with E-state index in [1.807, 2.05) is 6.92 Å². The highest BCUT2D eigenvalue weighted by atomic mass is 19.4. The summed E-state index contributed by atoms with van der Waals surface area (Å²) in [4.78, 5) is 5.66. The SMILES string of the molecule is CCNC1CCN(c2ncccc2C(F)(F)F)CC1. The third kappa shape index (κ3) is 3.37. The molecule has 1 aliphatic rings. The molecule has 0 bridgehead atoms. The Kier molecular flexibility index (Phi) is 4.29. The molecule has 0 radical (unpaired) electrons. The Balaban J connectivity index is 2.12. The van der Waals surface area contributed by atoms with Crippen LogP contribution in [0.15, 0.2) is 18.3 Å². The fourth-order valence-electron chi connectivity index (χ4n) is 2.45. The van der Waals surface area contributed by atoms with Crippen molar-refractivity contribution in [2.45, 2.75) is 32.0 Å². The first kappa shape index (κ1) is 14.1. The standard InChI is InChI=1S/C13H18F3N3/c1-2-17-10-5-8-19(9-6-10)12-11(13(14,15)16)4-3-7-18-12/h3-4,7,10,17H,2,5-6,8-9H2,1H3. The number of alkyl halides is 3. The normalized spacial score (nSPS) is 17.8. The minimum absolute atomic E-state index is 0.0601. The van der Waals surface area contributed by atoms with E-state index in [-0.39, 0.29) is 5.82 Å². The van der Waals surface area contributed by atoms with Crippen LogP contribution in [0.1, 0.15) is 25.3 Å². The van der Waals surface area contributed by atoms with Crippen LogP contribution in [0, 0.1) is 0 Å². The Bertz CT molecular complexity index is 412. The lowest BCUT2D eigenvalue weighted by molar-refractivity contribution is -0.137. The molecule has 19 heavy (non-hydrogen) atoms. The van der Waals surface area contributed by atoms with Crippen molar-refractivity contribution in [2.75, 3.05) is 24.5 Å². The maximum Gasteiger partial charge on any atom is 0.419 e. The second-order valence-corrected chi connectivity index (χ2v) is 4.69. The molecule has 2 heterocycles. The molecule has 6 heteroatoms. The zero-order valence-corrected chi connectivity index (χ0v) is 10.9. The summed E-state index contributed by atoms with van der Waals surface area (Å²) in [6, 6.07) is 2.83. The summed E-state index contributed by atoms with van der Waals surface area (Å²) in [6.45, 7) is 4.14. The fourth-order valence-corrected chi connectivity index (χ4v) is 2.45. The molecule has 2 rings (SSSR count). The molecule has 0 aromatic carbocycles. The molecule has 0 spiro atoms. The van der Waals surface area contributed by atoms with Crippen molar-refractivity contribution < 1.29 is 13.2 Å². The number of anilines is 1. The average Bonchev–Trinajstić information content (AvgIpc) is 2.39. The van der Waals surface area contributed by atoms with Crippen LogP contribution >= 0.6 is 0 Å². The number of nitrogens with one attached hydrogen (secondary N) is 1. The van der Waals surface area contributed by atoms with E-state index in [0.29, 0.717) is 19.1 Å². The van der Waals surface area contributed by atoms with Gasteiger partial charge in [-0.3, -0.25) is 0 Å². The van der Waals surface area contributed by atoms with Gasteiger partial charge in [0, 0.05) is 25.3 Å². The minimum Gasteiger partial charge on any atom is -0.356 e. The van der Waals surface area contributed by atoms with Gasteiger partial charge in [0.15, 0.2) is 0 Å². The molecule has 3 nitrogen and oxygen atoms in total. The summed E-state index contributed by atoms with van der Waals surface area (Å²) in [7, 11) is 0. The van der Waals surface area contributed by atoms with Gasteiger partial charge in [-0.15, -0.1) is 0 Å². The highest BCUT2D eigenvalue weighted by molar-refractivity contribution is 5.48. The van der Waals surface area contributed by atoms with Crippen molar-refractivity contribution in [2.24, 2.45) is 0 Å². The van der Waals surface area contributed by atoms with E-state index in [2.05, 4.69) is 10.3 Å². The monoisotopic (exact) mass is 273 g/mol. The Morgan fingerprint density at radius 3 is 2.63 bits per heavy atom. The quantitative estimate of drug-likeness (QED) is 0.917. The number of pyridine rings is 1. The third-order valence-corrected chi connectivity index (χ3v) is 3.38. The molecule has 0 amide bonds. The number of halogens is 3. The largest absolute Gasteiger partial charge is 0.419 e. The molecule has 1 fully saturated rings. The zero-order valence-electron chi connectivity index (χ0n) is 10.9. The number of nitrogens with zero attached hydrogens (tertiary/aromatic N) is 2. The first-order valence-corrected chi connectivity index (χ1v) is 6.53. The predicted molar refractivity (Wildman–Crippen MR) is 68.2 cm³/mol. The van der Waals surface area contributed by atoms with Gasteiger partial charge in [-0.2, -0.15) is 13.2 Å². The molecule has 1 saturated heterocycles. The van der Waals surface area contributed by atoms with Crippen molar-refractivity contribution in [1.82, 2.24) is 10.3 Å². The van der Waals surface area contributed by atoms with Gasteiger partial charge < -0.3 is 10.2 Å². The molecular weight excluding hydrogens is 255 g/mol. The van der Waals surface area contributed by atoms with E-state index >= 15 is 0 Å². The van der Waals surface area contributed by atoms with Crippen LogP contribution in [0.4, 0.5) is 19.0 Å². The molecule has 106 valence electrons. The van der Waals surface area contributed by atoms with Gasteiger partial charge in [-0.25, -0.2) is 4.98 Å². The smallest absolute Gasteiger partial charge is 0.356 e. The van der Waals surface area contributed by atoms with E-state index in [0.717, 1.165) is 25.5 Å². The van der Waals surface area contributed by atoms with Gasteiger partial charge in [-0.05, 0) is 31.5 Å². The molecule has 0 atom stereocenters. The van der Waals surface area contributed by atoms with E-state index in [4.69, 9.17) is 0 Å². The lowest BCUT2D eigenvalue weighted by Gasteiger charge is -2.34. The number of hydrogen-bond acceptors (Lipinski definition) is 3. The maximum absolute atomic E-state index is 12.9. The summed E-state index contributed by atoms with van der Waals surface area (Å²) < 4.78 is 38.8. The third-order valence-electron chi connectivity index (χ3n) is 3.38. The molecule has 0 saturated carbocycles. The maximum atomic E-state index is 12.9. The van der Waals surface area contributed by atoms with E-state index in [9.17, 15) is 13.2 Å². The van der Waals surface area contributed by atoms with Crippen LogP contribution < -0.4 is 10.2 Å². The van der Waals surface area contributed by atoms with Crippen LogP contribution in [0.3, 0.4) is 0 Å². The van der Waals surface area contributed by atoms with Crippen LogP contribution in [-0.2, 0) is 6.18 Å². The highest BCUT2D eigenvalue weighted by Crippen LogP contribution is 2.35. The minimum atomic E-state index is -4.35. The molecular formula is C13H18F3N3. The number of hydrogen-bond donors (Lipinski definition) is 1. The summed E-state index contributed by atoms with van der Waals surface area (Å²) in [5.41, 5.74) is -0.642. The van der Waals surface area contributed by atoms with Crippen LogP contribution in [0.5, 0.6) is 0 Å². The number of piperidine rings is 1. The van der Waals surface area contributed by atoms with Crippen molar-refractivity contribution >= 4 is 5.82 Å².